The lowest BCUT2D eigenvalue weighted by atomic mass is 10.2. The minimum absolute atomic E-state index is 0.267. The number of morpholine rings is 1. The van der Waals surface area contributed by atoms with Crippen molar-refractivity contribution in [2.75, 3.05) is 24.5 Å². The number of pyridine rings is 1. The minimum atomic E-state index is 0.267. The number of hydrogen-bond acceptors (Lipinski definition) is 4. The van der Waals surface area contributed by atoms with Crippen LogP contribution in [-0.2, 0) is 11.3 Å². The molecule has 1 aliphatic rings. The third-order valence-electron chi connectivity index (χ3n) is 3.32. The number of ether oxygens (including phenoxy) is 1. The van der Waals surface area contributed by atoms with Crippen LogP contribution < -0.4 is 10.2 Å². The van der Waals surface area contributed by atoms with Crippen LogP contribution in [0.15, 0.2) is 12.1 Å². The van der Waals surface area contributed by atoms with Gasteiger partial charge in [-0.15, -0.1) is 0 Å². The Balaban J connectivity index is 2.16. The highest BCUT2D eigenvalue weighted by Crippen LogP contribution is 2.20. The SMILES string of the molecule is CCNCc1cc(C)nc(N2CC(C)OC(C)C2)c1. The molecule has 1 aliphatic heterocycles. The van der Waals surface area contributed by atoms with Crippen LogP contribution in [-0.4, -0.2) is 36.8 Å². The second kappa shape index (κ2) is 6.35. The summed E-state index contributed by atoms with van der Waals surface area (Å²) in [6, 6.07) is 4.35. The van der Waals surface area contributed by atoms with Gasteiger partial charge in [-0.2, -0.15) is 0 Å². The summed E-state index contributed by atoms with van der Waals surface area (Å²) in [5.74, 6) is 1.08. The van der Waals surface area contributed by atoms with Crippen LogP contribution in [0.4, 0.5) is 5.82 Å². The number of aryl methyl sites for hydroxylation is 1. The fourth-order valence-corrected chi connectivity index (χ4v) is 2.62. The van der Waals surface area contributed by atoms with E-state index in [1.807, 2.05) is 0 Å². The topological polar surface area (TPSA) is 37.4 Å². The van der Waals surface area contributed by atoms with E-state index >= 15 is 0 Å². The molecule has 1 N–H and O–H groups in total. The van der Waals surface area contributed by atoms with Gasteiger partial charge in [0, 0.05) is 25.3 Å². The maximum Gasteiger partial charge on any atom is 0.129 e. The van der Waals surface area contributed by atoms with E-state index in [2.05, 4.69) is 55.0 Å². The Bertz CT molecular complexity index is 412. The highest BCUT2D eigenvalue weighted by molar-refractivity contribution is 5.43. The second-order valence-corrected chi connectivity index (χ2v) is 5.42. The van der Waals surface area contributed by atoms with Crippen LogP contribution in [0.2, 0.25) is 0 Å². The van der Waals surface area contributed by atoms with E-state index in [9.17, 15) is 0 Å². The summed E-state index contributed by atoms with van der Waals surface area (Å²) in [6.45, 7) is 12.2. The zero-order chi connectivity index (χ0) is 13.8. The molecule has 4 nitrogen and oxygen atoms in total. The number of nitrogens with zero attached hydrogens (tertiary/aromatic N) is 2. The third-order valence-corrected chi connectivity index (χ3v) is 3.32. The van der Waals surface area contributed by atoms with Crippen molar-refractivity contribution < 1.29 is 4.74 Å². The van der Waals surface area contributed by atoms with Crippen molar-refractivity contribution in [1.82, 2.24) is 10.3 Å². The van der Waals surface area contributed by atoms with Crippen LogP contribution in [0.25, 0.3) is 0 Å². The predicted molar refractivity (Wildman–Crippen MR) is 78.6 cm³/mol. The van der Waals surface area contributed by atoms with Gasteiger partial charge in [0.2, 0.25) is 0 Å². The van der Waals surface area contributed by atoms with E-state index in [1.165, 1.54) is 5.56 Å². The number of anilines is 1. The van der Waals surface area contributed by atoms with Crippen LogP contribution in [0, 0.1) is 6.92 Å². The summed E-state index contributed by atoms with van der Waals surface area (Å²) in [5.41, 5.74) is 2.38. The molecule has 1 fully saturated rings. The number of aromatic nitrogens is 1. The summed E-state index contributed by atoms with van der Waals surface area (Å²) >= 11 is 0. The fourth-order valence-electron chi connectivity index (χ4n) is 2.62. The molecule has 106 valence electrons. The molecule has 0 amide bonds. The van der Waals surface area contributed by atoms with Gasteiger partial charge in [-0.1, -0.05) is 6.92 Å². The van der Waals surface area contributed by atoms with Crippen LogP contribution in [0.5, 0.6) is 0 Å². The van der Waals surface area contributed by atoms with Crippen molar-refractivity contribution in [3.05, 3.63) is 23.4 Å². The van der Waals surface area contributed by atoms with E-state index in [-0.39, 0.29) is 12.2 Å². The molecule has 0 bridgehead atoms. The molecular weight excluding hydrogens is 238 g/mol. The van der Waals surface area contributed by atoms with Crippen molar-refractivity contribution in [2.24, 2.45) is 0 Å². The van der Waals surface area contributed by atoms with E-state index < -0.39 is 0 Å². The van der Waals surface area contributed by atoms with Crippen LogP contribution >= 0.6 is 0 Å². The van der Waals surface area contributed by atoms with E-state index in [0.717, 1.165) is 37.7 Å². The van der Waals surface area contributed by atoms with Gasteiger partial charge in [0.1, 0.15) is 5.82 Å². The Morgan fingerprint density at radius 1 is 1.32 bits per heavy atom. The monoisotopic (exact) mass is 263 g/mol. The number of hydrogen-bond donors (Lipinski definition) is 1. The molecular formula is C15H25N3O. The minimum Gasteiger partial charge on any atom is -0.372 e. The average molecular weight is 263 g/mol. The van der Waals surface area contributed by atoms with Gasteiger partial charge in [-0.05, 0) is 45.0 Å². The highest BCUT2D eigenvalue weighted by atomic mass is 16.5. The highest BCUT2D eigenvalue weighted by Gasteiger charge is 2.23. The molecule has 2 heterocycles. The van der Waals surface area contributed by atoms with Crippen molar-refractivity contribution in [3.63, 3.8) is 0 Å². The Labute approximate surface area is 116 Å². The second-order valence-electron chi connectivity index (χ2n) is 5.42. The largest absolute Gasteiger partial charge is 0.372 e. The quantitative estimate of drug-likeness (QED) is 0.903. The zero-order valence-electron chi connectivity index (χ0n) is 12.4. The fraction of sp³-hybridized carbons (Fsp3) is 0.667. The smallest absolute Gasteiger partial charge is 0.129 e. The molecule has 2 atom stereocenters. The molecule has 19 heavy (non-hydrogen) atoms. The van der Waals surface area contributed by atoms with Gasteiger partial charge in [-0.3, -0.25) is 0 Å². The molecule has 1 saturated heterocycles. The zero-order valence-corrected chi connectivity index (χ0v) is 12.4. The average Bonchev–Trinajstić information content (AvgIpc) is 2.34. The Morgan fingerprint density at radius 3 is 2.63 bits per heavy atom. The van der Waals surface area contributed by atoms with E-state index in [4.69, 9.17) is 4.74 Å². The summed E-state index contributed by atoms with van der Waals surface area (Å²) in [7, 11) is 0. The van der Waals surface area contributed by atoms with Crippen LogP contribution in [0.3, 0.4) is 0 Å². The normalized spacial score (nSPS) is 23.7. The molecule has 0 spiro atoms. The van der Waals surface area contributed by atoms with Gasteiger partial charge in [0.15, 0.2) is 0 Å². The lowest BCUT2D eigenvalue weighted by Gasteiger charge is -2.36. The number of nitrogens with one attached hydrogen (secondary N) is 1. The summed E-state index contributed by atoms with van der Waals surface area (Å²) in [6.07, 6.45) is 0.534. The summed E-state index contributed by atoms with van der Waals surface area (Å²) in [5, 5.41) is 3.37. The molecule has 0 saturated carbocycles. The third kappa shape index (κ3) is 3.91. The van der Waals surface area contributed by atoms with Gasteiger partial charge in [-0.25, -0.2) is 4.98 Å². The molecule has 1 aromatic heterocycles. The Kier molecular flexibility index (Phi) is 4.77. The molecule has 2 unspecified atom stereocenters. The first-order valence-corrected chi connectivity index (χ1v) is 7.17. The van der Waals surface area contributed by atoms with Gasteiger partial charge in [0.25, 0.3) is 0 Å². The maximum absolute atomic E-state index is 5.78. The molecule has 0 aliphatic carbocycles. The standard InChI is InChI=1S/C15H25N3O/c1-5-16-8-14-6-11(2)17-15(7-14)18-9-12(3)19-13(4)10-18/h6-7,12-13,16H,5,8-10H2,1-4H3. The predicted octanol–water partition coefficient (Wildman–Crippen LogP) is 2.11. The Morgan fingerprint density at radius 2 is 2.00 bits per heavy atom. The lowest BCUT2D eigenvalue weighted by Crippen LogP contribution is -2.46. The van der Waals surface area contributed by atoms with Gasteiger partial charge >= 0.3 is 0 Å². The molecule has 4 heteroatoms. The summed E-state index contributed by atoms with van der Waals surface area (Å²) in [4.78, 5) is 7.01. The van der Waals surface area contributed by atoms with Crippen LogP contribution in [0.1, 0.15) is 32.0 Å². The molecule has 0 radical (unpaired) electrons. The first-order valence-electron chi connectivity index (χ1n) is 7.17. The van der Waals surface area contributed by atoms with Crippen molar-refractivity contribution in [3.8, 4) is 0 Å². The van der Waals surface area contributed by atoms with E-state index in [1.54, 1.807) is 0 Å². The number of rotatable bonds is 4. The van der Waals surface area contributed by atoms with Gasteiger partial charge in [0.05, 0.1) is 12.2 Å². The van der Waals surface area contributed by atoms with Crippen molar-refractivity contribution in [2.45, 2.75) is 46.4 Å². The summed E-state index contributed by atoms with van der Waals surface area (Å²) < 4.78 is 5.78. The molecule has 2 rings (SSSR count). The van der Waals surface area contributed by atoms with Crippen molar-refractivity contribution >= 4 is 5.82 Å². The van der Waals surface area contributed by atoms with E-state index in [0.29, 0.717) is 0 Å². The molecule has 1 aromatic rings. The molecule has 0 aromatic carbocycles. The maximum atomic E-state index is 5.78. The van der Waals surface area contributed by atoms with Gasteiger partial charge < -0.3 is 15.0 Å². The Hall–Kier alpha value is -1.13. The first kappa shape index (κ1) is 14.3. The first-order chi connectivity index (χ1) is 9.08. The lowest BCUT2D eigenvalue weighted by molar-refractivity contribution is -0.00547. The van der Waals surface area contributed by atoms with Crippen molar-refractivity contribution in [1.29, 1.82) is 0 Å².